The van der Waals surface area contributed by atoms with Gasteiger partial charge in [0.15, 0.2) is 6.33 Å². The first-order chi connectivity index (χ1) is 3.39. The van der Waals surface area contributed by atoms with Crippen molar-refractivity contribution in [3.05, 3.63) is 23.9 Å². The molecule has 0 radical (unpaired) electrons. The molecule has 36 valence electrons. The maximum absolute atomic E-state index is 10.0. The second-order valence-corrected chi connectivity index (χ2v) is 0.981. The Morgan fingerprint density at radius 2 is 2.43 bits per heavy atom. The first-order valence-corrected chi connectivity index (χ1v) is 1.75. The lowest BCUT2D eigenvalue weighted by molar-refractivity contribution is -0.670. The predicted molar refractivity (Wildman–Crippen MR) is 21.0 cm³/mol. The summed E-state index contributed by atoms with van der Waals surface area (Å²) in [5.41, 5.74) is 0. The number of hydrogen-bond donors (Lipinski definition) is 0. The molecule has 0 aromatic carbocycles. The Morgan fingerprint density at radius 3 is 2.71 bits per heavy atom. The van der Waals surface area contributed by atoms with Crippen LogP contribution in [0, 0.1) is 5.21 Å². The van der Waals surface area contributed by atoms with Crippen LogP contribution in [0.15, 0.2) is 18.7 Å². The second-order valence-electron chi connectivity index (χ2n) is 0.981. The van der Waals surface area contributed by atoms with E-state index in [1.54, 1.807) is 0 Å². The highest BCUT2D eigenvalue weighted by atomic mass is 16.5. The van der Waals surface area contributed by atoms with Crippen LogP contribution < -0.4 is 4.85 Å². The summed E-state index contributed by atoms with van der Waals surface area (Å²) in [4.78, 5) is 3.95. The first-order valence-electron chi connectivity index (χ1n) is 1.75. The largest absolute Gasteiger partial charge is 0.594 e. The lowest BCUT2D eigenvalue weighted by atomic mass is 10.9. The molecule has 0 amide bonds. The minimum Gasteiger partial charge on any atom is -0.594 e. The van der Waals surface area contributed by atoms with Gasteiger partial charge in [0, 0.05) is 5.10 Å². The highest BCUT2D eigenvalue weighted by molar-refractivity contribution is 4.53. The van der Waals surface area contributed by atoms with Crippen molar-refractivity contribution < 1.29 is 4.85 Å². The van der Waals surface area contributed by atoms with Crippen molar-refractivity contribution in [2.24, 2.45) is 0 Å². The molecule has 0 aliphatic rings. The molecular formula is C3H3N3O. The van der Waals surface area contributed by atoms with Crippen molar-refractivity contribution in [1.29, 1.82) is 0 Å². The molecular weight excluding hydrogens is 94.1 g/mol. The predicted octanol–water partition coefficient (Wildman–Crippen LogP) is -0.890. The molecule has 7 heavy (non-hydrogen) atoms. The van der Waals surface area contributed by atoms with Gasteiger partial charge in [-0.25, -0.2) is 4.98 Å². The van der Waals surface area contributed by atoms with Crippen LogP contribution in [0.2, 0.25) is 0 Å². The number of aromatic nitrogens is 3. The van der Waals surface area contributed by atoms with E-state index in [4.69, 9.17) is 0 Å². The molecule has 0 aliphatic carbocycles. The van der Waals surface area contributed by atoms with Crippen LogP contribution >= 0.6 is 0 Å². The van der Waals surface area contributed by atoms with Crippen LogP contribution in [-0.2, 0) is 0 Å². The Morgan fingerprint density at radius 1 is 1.57 bits per heavy atom. The number of hydrogen-bond acceptors (Lipinski definition) is 3. The average molecular weight is 97.1 g/mol. The zero-order valence-corrected chi connectivity index (χ0v) is 3.48. The van der Waals surface area contributed by atoms with E-state index in [2.05, 4.69) is 10.1 Å². The van der Waals surface area contributed by atoms with Gasteiger partial charge in [-0.2, -0.15) is 0 Å². The quantitative estimate of drug-likeness (QED) is 0.311. The molecule has 0 aliphatic heterocycles. The molecule has 0 saturated heterocycles. The third-order valence-corrected chi connectivity index (χ3v) is 0.512. The summed E-state index contributed by atoms with van der Waals surface area (Å²) in [7, 11) is 0. The second kappa shape index (κ2) is 1.51. The molecule has 0 spiro atoms. The van der Waals surface area contributed by atoms with Crippen molar-refractivity contribution >= 4 is 0 Å². The summed E-state index contributed by atoms with van der Waals surface area (Å²) in [5.74, 6) is 0. The molecule has 0 bridgehead atoms. The van der Waals surface area contributed by atoms with Gasteiger partial charge in [0.2, 0.25) is 6.20 Å². The van der Waals surface area contributed by atoms with Crippen molar-refractivity contribution in [2.45, 2.75) is 0 Å². The van der Waals surface area contributed by atoms with E-state index in [0.29, 0.717) is 4.85 Å². The SMILES string of the molecule is [O-][n+]1ccncn1. The van der Waals surface area contributed by atoms with Gasteiger partial charge in [-0.3, -0.25) is 0 Å². The highest BCUT2D eigenvalue weighted by Crippen LogP contribution is 1.57. The van der Waals surface area contributed by atoms with Gasteiger partial charge in [0.1, 0.15) is 0 Å². The third kappa shape index (κ3) is 0.819. The minimum atomic E-state index is 0.438. The lowest BCUT2D eigenvalue weighted by Crippen LogP contribution is -2.29. The number of rotatable bonds is 0. The van der Waals surface area contributed by atoms with Gasteiger partial charge in [-0.15, -0.1) is 0 Å². The molecule has 4 heteroatoms. The maximum atomic E-state index is 10.0. The summed E-state index contributed by atoms with van der Waals surface area (Å²) in [5, 5.41) is 13.3. The zero-order valence-electron chi connectivity index (χ0n) is 3.48. The summed E-state index contributed by atoms with van der Waals surface area (Å²) in [6.45, 7) is 0. The molecule has 0 unspecified atom stereocenters. The molecule has 1 rings (SSSR count). The third-order valence-electron chi connectivity index (χ3n) is 0.512. The molecule has 4 nitrogen and oxygen atoms in total. The van der Waals surface area contributed by atoms with Gasteiger partial charge in [-0.05, 0) is 0 Å². The van der Waals surface area contributed by atoms with Crippen LogP contribution in [0.5, 0.6) is 0 Å². The first kappa shape index (κ1) is 3.98. The minimum absolute atomic E-state index is 0.438. The molecule has 0 atom stereocenters. The van der Waals surface area contributed by atoms with E-state index in [-0.39, 0.29) is 0 Å². The van der Waals surface area contributed by atoms with Crippen molar-refractivity contribution in [3.8, 4) is 0 Å². The summed E-state index contributed by atoms with van der Waals surface area (Å²) in [6, 6.07) is 0. The van der Waals surface area contributed by atoms with Gasteiger partial charge in [0.25, 0.3) is 0 Å². The van der Waals surface area contributed by atoms with Crippen LogP contribution in [0.1, 0.15) is 0 Å². The van der Waals surface area contributed by atoms with Crippen LogP contribution in [0.3, 0.4) is 0 Å². The van der Waals surface area contributed by atoms with Gasteiger partial charge in [-0.1, -0.05) is 4.85 Å². The molecule has 1 aromatic heterocycles. The van der Waals surface area contributed by atoms with Crippen LogP contribution in [-0.4, -0.2) is 10.1 Å². The van der Waals surface area contributed by atoms with Gasteiger partial charge < -0.3 is 5.21 Å². The monoisotopic (exact) mass is 97.0 g/mol. The van der Waals surface area contributed by atoms with Crippen molar-refractivity contribution in [1.82, 2.24) is 10.1 Å². The topological polar surface area (TPSA) is 52.7 Å². The van der Waals surface area contributed by atoms with Crippen LogP contribution in [0.4, 0.5) is 0 Å². The van der Waals surface area contributed by atoms with E-state index in [9.17, 15) is 5.21 Å². The Labute approximate surface area is 40.0 Å². The Hall–Kier alpha value is -1.19. The molecule has 0 saturated carbocycles. The van der Waals surface area contributed by atoms with Gasteiger partial charge in [0.05, 0.1) is 6.20 Å². The Kier molecular flexibility index (Phi) is 0.856. The van der Waals surface area contributed by atoms with E-state index in [0.717, 1.165) is 0 Å². The Bertz CT molecular complexity index is 140. The standard InChI is InChI=1S/C3H3N3O/c7-6-2-1-4-3-5-6/h1-3H. The average Bonchev–Trinajstić information content (AvgIpc) is 1.69. The fraction of sp³-hybridized carbons (Fsp3) is 0. The van der Waals surface area contributed by atoms with Crippen molar-refractivity contribution in [3.63, 3.8) is 0 Å². The fourth-order valence-electron chi connectivity index (χ4n) is 0.253. The van der Waals surface area contributed by atoms with E-state index in [1.807, 2.05) is 0 Å². The molecule has 1 heterocycles. The highest BCUT2D eigenvalue weighted by Gasteiger charge is 1.78. The zero-order chi connectivity index (χ0) is 5.11. The molecule has 0 N–H and O–H groups in total. The fourth-order valence-corrected chi connectivity index (χ4v) is 0.253. The van der Waals surface area contributed by atoms with E-state index >= 15 is 0 Å². The Balaban J connectivity index is 3.02. The lowest BCUT2D eigenvalue weighted by Gasteiger charge is -1.83. The van der Waals surface area contributed by atoms with Crippen molar-refractivity contribution in [2.75, 3.05) is 0 Å². The van der Waals surface area contributed by atoms with E-state index < -0.39 is 0 Å². The smallest absolute Gasteiger partial charge is 0.228 e. The summed E-state index contributed by atoms with van der Waals surface area (Å²) in [6.07, 6.45) is 3.78. The summed E-state index contributed by atoms with van der Waals surface area (Å²) >= 11 is 0. The molecule has 1 aromatic rings. The maximum Gasteiger partial charge on any atom is 0.228 e. The van der Waals surface area contributed by atoms with Gasteiger partial charge >= 0.3 is 0 Å². The number of nitrogens with zero attached hydrogens (tertiary/aromatic N) is 3. The summed E-state index contributed by atoms with van der Waals surface area (Å²) < 4.78 is 0. The van der Waals surface area contributed by atoms with E-state index in [1.165, 1.54) is 18.7 Å². The van der Waals surface area contributed by atoms with Crippen LogP contribution in [0.25, 0.3) is 0 Å². The normalized spacial score (nSPS) is 8.57. The molecule has 0 fully saturated rings.